The number of nitrogens with one attached hydrogen (secondary N) is 1. The molecular formula is C23H24N4O2. The van der Waals surface area contributed by atoms with Crippen LogP contribution in [0.2, 0.25) is 0 Å². The molecule has 0 radical (unpaired) electrons. The van der Waals surface area contributed by atoms with Crippen molar-refractivity contribution in [3.05, 3.63) is 53.6 Å². The van der Waals surface area contributed by atoms with Gasteiger partial charge in [-0.15, -0.1) is 0 Å². The Hall–Kier alpha value is -3.33. The van der Waals surface area contributed by atoms with Crippen molar-refractivity contribution in [2.24, 2.45) is 0 Å². The Morgan fingerprint density at radius 3 is 2.72 bits per heavy atom. The molecule has 1 unspecified atom stereocenters. The normalized spacial score (nSPS) is 17.7. The fourth-order valence-corrected chi connectivity index (χ4v) is 4.33. The van der Waals surface area contributed by atoms with E-state index in [0.717, 1.165) is 35.2 Å². The van der Waals surface area contributed by atoms with Crippen molar-refractivity contribution in [2.45, 2.75) is 32.2 Å². The van der Waals surface area contributed by atoms with E-state index < -0.39 is 6.04 Å². The van der Waals surface area contributed by atoms with Crippen LogP contribution in [-0.2, 0) is 11.2 Å². The van der Waals surface area contributed by atoms with Crippen molar-refractivity contribution in [2.75, 3.05) is 24.5 Å². The third kappa shape index (κ3) is 3.44. The maximum atomic E-state index is 13.3. The number of benzene rings is 2. The summed E-state index contributed by atoms with van der Waals surface area (Å²) >= 11 is 0. The zero-order chi connectivity index (χ0) is 20.4. The fraction of sp³-hybridized carbons (Fsp3) is 0.348. The second-order valence-electron chi connectivity index (χ2n) is 7.44. The van der Waals surface area contributed by atoms with E-state index in [2.05, 4.69) is 11.5 Å². The number of nitrogens with zero attached hydrogens (tertiary/aromatic N) is 3. The zero-order valence-corrected chi connectivity index (χ0v) is 16.5. The van der Waals surface area contributed by atoms with E-state index in [9.17, 15) is 14.9 Å². The first-order chi connectivity index (χ1) is 14.1. The summed E-state index contributed by atoms with van der Waals surface area (Å²) in [5.41, 5.74) is 4.45. The lowest BCUT2D eigenvalue weighted by atomic mass is 9.95. The van der Waals surface area contributed by atoms with Gasteiger partial charge in [-0.1, -0.05) is 30.3 Å². The second kappa shape index (κ2) is 7.96. The molecule has 6 heteroatoms. The molecule has 2 heterocycles. The van der Waals surface area contributed by atoms with Crippen LogP contribution >= 0.6 is 0 Å². The molecular weight excluding hydrogens is 364 g/mol. The SMILES string of the molecule is CCNC(=O)c1cc(-c2ccccc2)c2c(c1)N(C(=O)C1CCCN1C#N)CC2. The van der Waals surface area contributed by atoms with E-state index in [1.807, 2.05) is 49.4 Å². The molecule has 1 atom stereocenters. The number of fused-ring (bicyclic) bond motifs is 1. The highest BCUT2D eigenvalue weighted by Gasteiger charge is 2.37. The minimum Gasteiger partial charge on any atom is -0.352 e. The lowest BCUT2D eigenvalue weighted by Crippen LogP contribution is -2.43. The van der Waals surface area contributed by atoms with Crippen LogP contribution in [0.25, 0.3) is 11.1 Å². The molecule has 0 aromatic heterocycles. The highest BCUT2D eigenvalue weighted by Crippen LogP contribution is 2.38. The summed E-state index contributed by atoms with van der Waals surface area (Å²) in [6.07, 6.45) is 4.42. The molecule has 0 aliphatic carbocycles. The van der Waals surface area contributed by atoms with Crippen LogP contribution in [0.15, 0.2) is 42.5 Å². The van der Waals surface area contributed by atoms with E-state index in [-0.39, 0.29) is 11.8 Å². The Kier molecular flexibility index (Phi) is 5.22. The Labute approximate surface area is 170 Å². The van der Waals surface area contributed by atoms with Gasteiger partial charge in [-0.25, -0.2) is 0 Å². The van der Waals surface area contributed by atoms with E-state index in [0.29, 0.717) is 31.6 Å². The minimum atomic E-state index is -0.403. The first kappa shape index (κ1) is 19.0. The van der Waals surface area contributed by atoms with E-state index >= 15 is 0 Å². The maximum absolute atomic E-state index is 13.3. The molecule has 2 aliphatic rings. The molecule has 1 fully saturated rings. The van der Waals surface area contributed by atoms with Crippen molar-refractivity contribution >= 4 is 17.5 Å². The Bertz CT molecular complexity index is 980. The average molecular weight is 388 g/mol. The monoisotopic (exact) mass is 388 g/mol. The van der Waals surface area contributed by atoms with Crippen LogP contribution in [0.1, 0.15) is 35.7 Å². The highest BCUT2D eigenvalue weighted by atomic mass is 16.2. The van der Waals surface area contributed by atoms with Crippen LogP contribution in [0, 0.1) is 11.5 Å². The van der Waals surface area contributed by atoms with Crippen LogP contribution in [0.3, 0.4) is 0 Å². The summed E-state index contributed by atoms with van der Waals surface area (Å²) in [6.45, 7) is 3.62. The van der Waals surface area contributed by atoms with Gasteiger partial charge in [-0.3, -0.25) is 14.5 Å². The predicted molar refractivity (Wildman–Crippen MR) is 111 cm³/mol. The molecule has 4 rings (SSSR count). The molecule has 0 bridgehead atoms. The molecule has 29 heavy (non-hydrogen) atoms. The number of nitriles is 1. The van der Waals surface area contributed by atoms with Crippen molar-refractivity contribution in [3.8, 4) is 17.3 Å². The van der Waals surface area contributed by atoms with Gasteiger partial charge in [-0.2, -0.15) is 5.26 Å². The van der Waals surface area contributed by atoms with Crippen molar-refractivity contribution in [1.29, 1.82) is 5.26 Å². The number of anilines is 1. The van der Waals surface area contributed by atoms with E-state index in [1.54, 1.807) is 9.80 Å². The molecule has 0 spiro atoms. The quantitative estimate of drug-likeness (QED) is 0.817. The van der Waals surface area contributed by atoms with Gasteiger partial charge < -0.3 is 10.2 Å². The van der Waals surface area contributed by atoms with Gasteiger partial charge in [0.1, 0.15) is 6.04 Å². The zero-order valence-electron chi connectivity index (χ0n) is 16.5. The van der Waals surface area contributed by atoms with Crippen molar-refractivity contribution in [3.63, 3.8) is 0 Å². The summed E-state index contributed by atoms with van der Waals surface area (Å²) in [5, 5.41) is 12.2. The summed E-state index contributed by atoms with van der Waals surface area (Å²) < 4.78 is 0. The van der Waals surface area contributed by atoms with E-state index in [1.165, 1.54) is 0 Å². The number of carbonyl (C=O) groups excluding carboxylic acids is 2. The van der Waals surface area contributed by atoms with Crippen LogP contribution in [0.4, 0.5) is 5.69 Å². The average Bonchev–Trinajstić information content (AvgIpc) is 3.40. The molecule has 2 aromatic rings. The fourth-order valence-electron chi connectivity index (χ4n) is 4.33. The van der Waals surface area contributed by atoms with Gasteiger partial charge in [0.05, 0.1) is 0 Å². The maximum Gasteiger partial charge on any atom is 0.251 e. The van der Waals surface area contributed by atoms with Crippen molar-refractivity contribution < 1.29 is 9.59 Å². The predicted octanol–water partition coefficient (Wildman–Crippen LogP) is 2.94. The van der Waals surface area contributed by atoms with E-state index in [4.69, 9.17) is 0 Å². The summed E-state index contributed by atoms with van der Waals surface area (Å²) in [4.78, 5) is 29.2. The number of rotatable bonds is 4. The first-order valence-electron chi connectivity index (χ1n) is 10.1. The van der Waals surface area contributed by atoms with Crippen LogP contribution in [0.5, 0.6) is 0 Å². The van der Waals surface area contributed by atoms with Gasteiger partial charge in [0.15, 0.2) is 6.19 Å². The van der Waals surface area contributed by atoms with Gasteiger partial charge in [0, 0.05) is 30.9 Å². The van der Waals surface area contributed by atoms with Gasteiger partial charge in [0.25, 0.3) is 5.91 Å². The second-order valence-corrected chi connectivity index (χ2v) is 7.44. The first-order valence-corrected chi connectivity index (χ1v) is 10.1. The summed E-state index contributed by atoms with van der Waals surface area (Å²) in [7, 11) is 0. The molecule has 1 N–H and O–H groups in total. The number of likely N-dealkylation sites (tertiary alicyclic amines) is 1. The number of hydrogen-bond acceptors (Lipinski definition) is 4. The van der Waals surface area contributed by atoms with Gasteiger partial charge in [0.2, 0.25) is 5.91 Å². The number of hydrogen-bond donors (Lipinski definition) is 1. The largest absolute Gasteiger partial charge is 0.352 e. The van der Waals surface area contributed by atoms with Crippen LogP contribution < -0.4 is 10.2 Å². The lowest BCUT2D eigenvalue weighted by Gasteiger charge is -2.25. The topological polar surface area (TPSA) is 76.4 Å². The molecule has 6 nitrogen and oxygen atoms in total. The number of carbonyl (C=O) groups is 2. The van der Waals surface area contributed by atoms with Gasteiger partial charge in [-0.05, 0) is 55.0 Å². The molecule has 1 saturated heterocycles. The van der Waals surface area contributed by atoms with Gasteiger partial charge >= 0.3 is 0 Å². The Morgan fingerprint density at radius 1 is 1.21 bits per heavy atom. The standard InChI is InChI=1S/C23H24N4O2/c1-2-25-22(28)17-13-19(16-7-4-3-5-8-16)18-10-12-27(21(18)14-17)23(29)20-9-6-11-26(20)15-24/h3-5,7-8,13-14,20H,2,6,9-12H2,1H3,(H,25,28). The van der Waals surface area contributed by atoms with Crippen molar-refractivity contribution in [1.82, 2.24) is 10.2 Å². The molecule has 2 aromatic carbocycles. The summed E-state index contributed by atoms with van der Waals surface area (Å²) in [6, 6.07) is 13.3. The smallest absolute Gasteiger partial charge is 0.251 e. The highest BCUT2D eigenvalue weighted by molar-refractivity contribution is 6.04. The lowest BCUT2D eigenvalue weighted by molar-refractivity contribution is -0.121. The summed E-state index contributed by atoms with van der Waals surface area (Å²) in [5.74, 6) is -0.193. The third-order valence-electron chi connectivity index (χ3n) is 5.72. The van der Waals surface area contributed by atoms with Crippen LogP contribution in [-0.4, -0.2) is 42.4 Å². The molecule has 2 amide bonds. The Balaban J connectivity index is 1.78. The molecule has 0 saturated carbocycles. The number of amides is 2. The minimum absolute atomic E-state index is 0.0464. The Morgan fingerprint density at radius 2 is 2.00 bits per heavy atom. The molecule has 148 valence electrons. The third-order valence-corrected chi connectivity index (χ3v) is 5.72. The molecule has 2 aliphatic heterocycles.